The number of aryl methyl sites for hydroxylation is 1. The number of hydrogen-bond donors (Lipinski definition) is 2. The number of aromatic nitrogens is 3. The van der Waals surface area contributed by atoms with Crippen LogP contribution in [0.25, 0.3) is 10.9 Å². The molecular formula is C18H20N6O. The van der Waals surface area contributed by atoms with Gasteiger partial charge in [0.05, 0.1) is 17.4 Å². The van der Waals surface area contributed by atoms with Crippen LogP contribution < -0.4 is 10.2 Å². The number of piperazine rings is 1. The summed E-state index contributed by atoms with van der Waals surface area (Å²) in [6.45, 7) is 4.95. The van der Waals surface area contributed by atoms with Crippen molar-refractivity contribution in [3.8, 4) is 0 Å². The van der Waals surface area contributed by atoms with E-state index < -0.39 is 0 Å². The molecule has 4 rings (SSSR count). The number of H-pyrrole nitrogens is 1. The minimum absolute atomic E-state index is 0.0838. The van der Waals surface area contributed by atoms with Crippen molar-refractivity contribution in [2.45, 2.75) is 6.92 Å². The average Bonchev–Trinajstić information content (AvgIpc) is 3.12. The van der Waals surface area contributed by atoms with E-state index in [-0.39, 0.29) is 6.03 Å². The molecule has 7 nitrogen and oxygen atoms in total. The Hall–Kier alpha value is -3.09. The predicted molar refractivity (Wildman–Crippen MR) is 97.9 cm³/mol. The van der Waals surface area contributed by atoms with Crippen molar-refractivity contribution in [2.75, 3.05) is 36.4 Å². The van der Waals surface area contributed by atoms with Gasteiger partial charge in [-0.3, -0.25) is 5.10 Å². The third-order valence-corrected chi connectivity index (χ3v) is 4.57. The van der Waals surface area contributed by atoms with Crippen LogP contribution in [-0.2, 0) is 0 Å². The number of carbonyl (C=O) groups excluding carboxylic acids is 1. The maximum absolute atomic E-state index is 12.6. The first-order valence-corrected chi connectivity index (χ1v) is 8.37. The lowest BCUT2D eigenvalue weighted by atomic mass is 10.2. The number of benzene rings is 1. The molecule has 1 aliphatic heterocycles. The summed E-state index contributed by atoms with van der Waals surface area (Å²) < 4.78 is 0. The molecule has 1 fully saturated rings. The monoisotopic (exact) mass is 336 g/mol. The van der Waals surface area contributed by atoms with Crippen molar-refractivity contribution in [1.82, 2.24) is 20.1 Å². The lowest BCUT2D eigenvalue weighted by molar-refractivity contribution is 0.208. The number of amides is 2. The van der Waals surface area contributed by atoms with Crippen LogP contribution in [0, 0.1) is 6.92 Å². The Morgan fingerprint density at radius 1 is 1.16 bits per heavy atom. The summed E-state index contributed by atoms with van der Waals surface area (Å²) in [5.41, 5.74) is 2.76. The van der Waals surface area contributed by atoms with E-state index in [1.165, 1.54) is 0 Å². The summed E-state index contributed by atoms with van der Waals surface area (Å²) in [5.74, 6) is 1.00. The molecule has 0 bridgehead atoms. The van der Waals surface area contributed by atoms with Crippen molar-refractivity contribution >= 4 is 28.4 Å². The molecule has 1 saturated heterocycles. The molecule has 2 N–H and O–H groups in total. The Morgan fingerprint density at radius 2 is 2.00 bits per heavy atom. The number of nitrogens with zero attached hydrogens (tertiary/aromatic N) is 4. The zero-order valence-electron chi connectivity index (χ0n) is 14.1. The lowest BCUT2D eigenvalue weighted by Gasteiger charge is -2.35. The van der Waals surface area contributed by atoms with Crippen molar-refractivity contribution in [1.29, 1.82) is 0 Å². The van der Waals surface area contributed by atoms with Gasteiger partial charge in [0.15, 0.2) is 0 Å². The van der Waals surface area contributed by atoms with Crippen LogP contribution in [0.2, 0.25) is 0 Å². The maximum atomic E-state index is 12.6. The summed E-state index contributed by atoms with van der Waals surface area (Å²) in [6, 6.07) is 9.67. The quantitative estimate of drug-likeness (QED) is 0.754. The highest BCUT2D eigenvalue weighted by Crippen LogP contribution is 2.22. The third-order valence-electron chi connectivity index (χ3n) is 4.57. The number of para-hydroxylation sites is 1. The standard InChI is InChI=1S/C18H20N6O/c1-13-4-3-7-19-17(13)23-8-10-24(11-9-23)18(25)21-15-6-2-5-14-12-20-22-16(14)15/h2-7,12H,8-11H2,1H3,(H,20,22)(H,21,25). The smallest absolute Gasteiger partial charge is 0.322 e. The van der Waals surface area contributed by atoms with Gasteiger partial charge >= 0.3 is 6.03 Å². The van der Waals surface area contributed by atoms with Crippen LogP contribution >= 0.6 is 0 Å². The largest absolute Gasteiger partial charge is 0.353 e. The molecule has 3 heterocycles. The Morgan fingerprint density at radius 3 is 2.80 bits per heavy atom. The molecule has 0 aliphatic carbocycles. The second kappa shape index (κ2) is 6.43. The number of urea groups is 1. The summed E-state index contributed by atoms with van der Waals surface area (Å²) in [6.07, 6.45) is 3.56. The predicted octanol–water partition coefficient (Wildman–Crippen LogP) is 2.62. The normalized spacial score (nSPS) is 14.8. The highest BCUT2D eigenvalue weighted by molar-refractivity contribution is 5.99. The van der Waals surface area contributed by atoms with Crippen LogP contribution in [-0.4, -0.2) is 52.3 Å². The Bertz CT molecular complexity index is 897. The number of rotatable bonds is 2. The number of nitrogens with one attached hydrogen (secondary N) is 2. The first kappa shape index (κ1) is 15.4. The highest BCUT2D eigenvalue weighted by Gasteiger charge is 2.23. The first-order chi connectivity index (χ1) is 12.2. The van der Waals surface area contributed by atoms with Crippen molar-refractivity contribution in [2.24, 2.45) is 0 Å². The number of aromatic amines is 1. The molecule has 0 spiro atoms. The van der Waals surface area contributed by atoms with E-state index >= 15 is 0 Å². The van der Waals surface area contributed by atoms with Gasteiger partial charge in [0.2, 0.25) is 0 Å². The molecule has 25 heavy (non-hydrogen) atoms. The zero-order valence-corrected chi connectivity index (χ0v) is 14.1. The van der Waals surface area contributed by atoms with E-state index in [1.54, 1.807) is 6.20 Å². The van der Waals surface area contributed by atoms with Gasteiger partial charge in [0, 0.05) is 37.8 Å². The summed E-state index contributed by atoms with van der Waals surface area (Å²) in [5, 5.41) is 10.9. The lowest BCUT2D eigenvalue weighted by Crippen LogP contribution is -2.50. The molecule has 128 valence electrons. The molecule has 0 atom stereocenters. The Kier molecular flexibility index (Phi) is 3.97. The molecule has 2 amide bonds. The fourth-order valence-corrected chi connectivity index (χ4v) is 3.20. The number of anilines is 2. The Balaban J connectivity index is 1.42. The molecule has 7 heteroatoms. The third kappa shape index (κ3) is 3.00. The van der Waals surface area contributed by atoms with Crippen molar-refractivity contribution in [3.63, 3.8) is 0 Å². The maximum Gasteiger partial charge on any atom is 0.322 e. The van der Waals surface area contributed by atoms with Crippen LogP contribution in [0.1, 0.15) is 5.56 Å². The fourth-order valence-electron chi connectivity index (χ4n) is 3.20. The van der Waals surface area contributed by atoms with Crippen LogP contribution in [0.5, 0.6) is 0 Å². The second-order valence-electron chi connectivity index (χ2n) is 6.19. The van der Waals surface area contributed by atoms with E-state index in [4.69, 9.17) is 0 Å². The molecule has 0 saturated carbocycles. The van der Waals surface area contributed by atoms with E-state index in [9.17, 15) is 4.79 Å². The van der Waals surface area contributed by atoms with Crippen LogP contribution in [0.3, 0.4) is 0 Å². The minimum Gasteiger partial charge on any atom is -0.353 e. The van der Waals surface area contributed by atoms with Crippen LogP contribution in [0.4, 0.5) is 16.3 Å². The zero-order chi connectivity index (χ0) is 17.2. The van der Waals surface area contributed by atoms with Gasteiger partial charge in [0.25, 0.3) is 0 Å². The SMILES string of the molecule is Cc1cccnc1N1CCN(C(=O)Nc2cccc3cn[nH]c23)CC1. The summed E-state index contributed by atoms with van der Waals surface area (Å²) >= 11 is 0. The first-order valence-electron chi connectivity index (χ1n) is 8.37. The average molecular weight is 336 g/mol. The second-order valence-corrected chi connectivity index (χ2v) is 6.19. The van der Waals surface area contributed by atoms with Crippen LogP contribution in [0.15, 0.2) is 42.7 Å². The molecule has 3 aromatic rings. The molecular weight excluding hydrogens is 316 g/mol. The highest BCUT2D eigenvalue weighted by atomic mass is 16.2. The minimum atomic E-state index is -0.0838. The molecule has 0 radical (unpaired) electrons. The van der Waals surface area contributed by atoms with Gasteiger partial charge < -0.3 is 15.1 Å². The summed E-state index contributed by atoms with van der Waals surface area (Å²) in [7, 11) is 0. The number of hydrogen-bond acceptors (Lipinski definition) is 4. The molecule has 2 aromatic heterocycles. The van der Waals surface area contributed by atoms with E-state index in [0.29, 0.717) is 13.1 Å². The van der Waals surface area contributed by atoms with E-state index in [2.05, 4.69) is 38.4 Å². The van der Waals surface area contributed by atoms with Crippen molar-refractivity contribution < 1.29 is 4.79 Å². The molecule has 0 unspecified atom stereocenters. The fraction of sp³-hybridized carbons (Fsp3) is 0.278. The summed E-state index contributed by atoms with van der Waals surface area (Å²) in [4.78, 5) is 21.1. The number of carbonyl (C=O) groups is 1. The van der Waals surface area contributed by atoms with E-state index in [0.717, 1.165) is 41.1 Å². The van der Waals surface area contributed by atoms with Gasteiger partial charge in [-0.2, -0.15) is 5.10 Å². The Labute approximate surface area is 145 Å². The molecule has 1 aromatic carbocycles. The van der Waals surface area contributed by atoms with Gasteiger partial charge in [-0.25, -0.2) is 9.78 Å². The number of pyridine rings is 1. The topological polar surface area (TPSA) is 77.2 Å². The van der Waals surface area contributed by atoms with Gasteiger partial charge in [-0.15, -0.1) is 0 Å². The van der Waals surface area contributed by atoms with Gasteiger partial charge in [-0.1, -0.05) is 18.2 Å². The number of fused-ring (bicyclic) bond motifs is 1. The van der Waals surface area contributed by atoms with Crippen molar-refractivity contribution in [3.05, 3.63) is 48.3 Å². The van der Waals surface area contributed by atoms with E-state index in [1.807, 2.05) is 35.4 Å². The van der Waals surface area contributed by atoms with Gasteiger partial charge in [-0.05, 0) is 24.6 Å². The van der Waals surface area contributed by atoms with Gasteiger partial charge in [0.1, 0.15) is 5.82 Å². The molecule has 1 aliphatic rings.